The molecule has 1 aromatic carbocycles. The molecule has 1 atom stereocenters. The number of benzene rings is 1. The first kappa shape index (κ1) is 22.8. The standard InChI is InChI=1S/C21H29N3O2S.ClH/c1-14-18(15(2)26-24-14)13-27-20-11-7-6-10-17(20)21(25)23-19(12-22)16-8-4-3-5-9-16;/h6-7,10-11,16,19H,3-5,8-9,12-13,22H2,1-2H3,(H,23,25);1H. The Morgan fingerprint density at radius 3 is 2.64 bits per heavy atom. The second kappa shape index (κ2) is 10.9. The molecule has 154 valence electrons. The fourth-order valence-corrected chi connectivity index (χ4v) is 4.99. The zero-order valence-corrected chi connectivity index (χ0v) is 18.2. The number of hydrogen-bond donors (Lipinski definition) is 2. The van der Waals surface area contributed by atoms with Crippen LogP contribution in [0.4, 0.5) is 0 Å². The van der Waals surface area contributed by atoms with Crippen molar-refractivity contribution in [3.8, 4) is 0 Å². The molecule has 1 fully saturated rings. The van der Waals surface area contributed by atoms with Crippen LogP contribution < -0.4 is 11.1 Å². The number of hydrogen-bond acceptors (Lipinski definition) is 5. The van der Waals surface area contributed by atoms with Crippen molar-refractivity contribution in [2.24, 2.45) is 11.7 Å². The van der Waals surface area contributed by atoms with Crippen molar-refractivity contribution in [1.29, 1.82) is 0 Å². The van der Waals surface area contributed by atoms with Gasteiger partial charge in [0.2, 0.25) is 0 Å². The summed E-state index contributed by atoms with van der Waals surface area (Å²) in [6.45, 7) is 4.36. The van der Waals surface area contributed by atoms with Crippen LogP contribution in [-0.4, -0.2) is 23.7 Å². The molecule has 0 saturated heterocycles. The maximum Gasteiger partial charge on any atom is 0.252 e. The van der Waals surface area contributed by atoms with Crippen molar-refractivity contribution in [2.75, 3.05) is 6.54 Å². The molecule has 3 N–H and O–H groups in total. The maximum atomic E-state index is 13.0. The molecule has 7 heteroatoms. The Morgan fingerprint density at radius 1 is 1.29 bits per heavy atom. The minimum Gasteiger partial charge on any atom is -0.361 e. The number of amides is 1. The van der Waals surface area contributed by atoms with Crippen molar-refractivity contribution < 1.29 is 9.32 Å². The largest absolute Gasteiger partial charge is 0.361 e. The molecule has 0 spiro atoms. The van der Waals surface area contributed by atoms with E-state index < -0.39 is 0 Å². The van der Waals surface area contributed by atoms with Gasteiger partial charge in [-0.15, -0.1) is 24.2 Å². The van der Waals surface area contributed by atoms with Gasteiger partial charge >= 0.3 is 0 Å². The molecule has 5 nitrogen and oxygen atoms in total. The van der Waals surface area contributed by atoms with Gasteiger partial charge in [-0.1, -0.05) is 36.6 Å². The van der Waals surface area contributed by atoms with E-state index >= 15 is 0 Å². The molecule has 1 aliphatic rings. The van der Waals surface area contributed by atoms with E-state index in [-0.39, 0.29) is 24.4 Å². The molecule has 1 amide bonds. The van der Waals surface area contributed by atoms with Gasteiger partial charge in [0, 0.05) is 28.8 Å². The summed E-state index contributed by atoms with van der Waals surface area (Å²) < 4.78 is 5.24. The lowest BCUT2D eigenvalue weighted by Crippen LogP contribution is -2.46. The molecule has 1 heterocycles. The summed E-state index contributed by atoms with van der Waals surface area (Å²) in [5, 5.41) is 7.21. The zero-order valence-electron chi connectivity index (χ0n) is 16.6. The summed E-state index contributed by atoms with van der Waals surface area (Å²) in [4.78, 5) is 13.9. The lowest BCUT2D eigenvalue weighted by atomic mass is 9.84. The Labute approximate surface area is 177 Å². The van der Waals surface area contributed by atoms with E-state index in [0.717, 1.165) is 40.5 Å². The molecule has 1 saturated carbocycles. The Hall–Kier alpha value is -1.50. The van der Waals surface area contributed by atoms with Crippen LogP contribution >= 0.6 is 24.2 Å². The van der Waals surface area contributed by atoms with Crippen molar-refractivity contribution >= 4 is 30.1 Å². The number of nitrogens with two attached hydrogens (primary N) is 1. The first-order valence-electron chi connectivity index (χ1n) is 9.74. The smallest absolute Gasteiger partial charge is 0.252 e. The Bertz CT molecular complexity index is 755. The van der Waals surface area contributed by atoms with E-state index in [0.29, 0.717) is 18.0 Å². The van der Waals surface area contributed by atoms with Gasteiger partial charge in [0.1, 0.15) is 5.76 Å². The number of aryl methyl sites for hydroxylation is 2. The summed E-state index contributed by atoms with van der Waals surface area (Å²) in [5.41, 5.74) is 8.70. The number of aromatic nitrogens is 1. The normalized spacial score (nSPS) is 15.7. The first-order chi connectivity index (χ1) is 13.1. The van der Waals surface area contributed by atoms with Crippen LogP contribution in [0.25, 0.3) is 0 Å². The second-order valence-corrected chi connectivity index (χ2v) is 8.32. The number of carbonyl (C=O) groups excluding carboxylic acids is 1. The van der Waals surface area contributed by atoms with Gasteiger partial charge in [-0.2, -0.15) is 0 Å². The van der Waals surface area contributed by atoms with Gasteiger partial charge in [-0.3, -0.25) is 4.79 Å². The SMILES string of the molecule is Cc1noc(C)c1CSc1ccccc1C(=O)NC(CN)C1CCCCC1.Cl. The van der Waals surface area contributed by atoms with Crippen LogP contribution in [-0.2, 0) is 5.75 Å². The Kier molecular flexibility index (Phi) is 8.86. The molecule has 2 aromatic rings. The van der Waals surface area contributed by atoms with Gasteiger partial charge in [0.05, 0.1) is 11.3 Å². The molecule has 3 rings (SSSR count). The number of thioether (sulfide) groups is 1. The number of carbonyl (C=O) groups is 1. The monoisotopic (exact) mass is 423 g/mol. The molecular formula is C21H30ClN3O2S. The third kappa shape index (κ3) is 5.52. The van der Waals surface area contributed by atoms with Gasteiger partial charge < -0.3 is 15.6 Å². The minimum atomic E-state index is -0.0297. The van der Waals surface area contributed by atoms with Crippen molar-refractivity contribution in [3.05, 3.63) is 46.8 Å². The van der Waals surface area contributed by atoms with E-state index in [9.17, 15) is 4.79 Å². The second-order valence-electron chi connectivity index (χ2n) is 7.30. The summed E-state index contributed by atoms with van der Waals surface area (Å²) in [5.74, 6) is 2.03. The molecule has 1 unspecified atom stereocenters. The van der Waals surface area contributed by atoms with Gasteiger partial charge in [-0.05, 0) is 44.7 Å². The number of rotatable bonds is 7. The maximum absolute atomic E-state index is 13.0. The highest BCUT2D eigenvalue weighted by atomic mass is 35.5. The summed E-state index contributed by atoms with van der Waals surface area (Å²) in [6.07, 6.45) is 6.08. The van der Waals surface area contributed by atoms with Crippen molar-refractivity contribution in [3.63, 3.8) is 0 Å². The fourth-order valence-electron chi connectivity index (χ4n) is 3.79. The third-order valence-corrected chi connectivity index (χ3v) is 6.57. The zero-order chi connectivity index (χ0) is 19.2. The predicted molar refractivity (Wildman–Crippen MR) is 116 cm³/mol. The van der Waals surface area contributed by atoms with Crippen LogP contribution in [0.15, 0.2) is 33.7 Å². The van der Waals surface area contributed by atoms with E-state index in [1.807, 2.05) is 38.1 Å². The average Bonchev–Trinajstić information content (AvgIpc) is 3.02. The van der Waals surface area contributed by atoms with E-state index in [2.05, 4.69) is 10.5 Å². The van der Waals surface area contributed by atoms with Gasteiger partial charge in [-0.25, -0.2) is 0 Å². The van der Waals surface area contributed by atoms with Crippen molar-refractivity contribution in [1.82, 2.24) is 10.5 Å². The van der Waals surface area contributed by atoms with E-state index in [1.54, 1.807) is 11.8 Å². The fraction of sp³-hybridized carbons (Fsp3) is 0.524. The minimum absolute atomic E-state index is 0. The Balaban J connectivity index is 0.00000280. The lowest BCUT2D eigenvalue weighted by molar-refractivity contribution is 0.0912. The molecule has 1 aliphatic carbocycles. The Morgan fingerprint density at radius 2 is 2.00 bits per heavy atom. The quantitative estimate of drug-likeness (QED) is 0.634. The third-order valence-electron chi connectivity index (χ3n) is 5.47. The van der Waals surface area contributed by atoms with Crippen LogP contribution in [0, 0.1) is 19.8 Å². The number of halogens is 1. The number of nitrogens with zero attached hydrogens (tertiary/aromatic N) is 1. The molecule has 28 heavy (non-hydrogen) atoms. The predicted octanol–water partition coefficient (Wildman–Crippen LogP) is 4.64. The highest BCUT2D eigenvalue weighted by Crippen LogP contribution is 2.30. The molecule has 0 bridgehead atoms. The summed E-state index contributed by atoms with van der Waals surface area (Å²) in [7, 11) is 0. The van der Waals surface area contributed by atoms with E-state index in [4.69, 9.17) is 10.3 Å². The summed E-state index contributed by atoms with van der Waals surface area (Å²) >= 11 is 1.64. The van der Waals surface area contributed by atoms with Crippen LogP contribution in [0.1, 0.15) is 59.5 Å². The molecule has 0 aliphatic heterocycles. The average molecular weight is 424 g/mol. The van der Waals surface area contributed by atoms with Crippen molar-refractivity contribution in [2.45, 2.75) is 62.6 Å². The van der Waals surface area contributed by atoms with Gasteiger partial charge in [0.25, 0.3) is 5.91 Å². The lowest BCUT2D eigenvalue weighted by Gasteiger charge is -2.30. The van der Waals surface area contributed by atoms with E-state index in [1.165, 1.54) is 19.3 Å². The van der Waals surface area contributed by atoms with Crippen LogP contribution in [0.3, 0.4) is 0 Å². The highest BCUT2D eigenvalue weighted by Gasteiger charge is 2.25. The molecular weight excluding hydrogens is 394 g/mol. The van der Waals surface area contributed by atoms with Crippen LogP contribution in [0.2, 0.25) is 0 Å². The summed E-state index contributed by atoms with van der Waals surface area (Å²) in [6, 6.07) is 7.81. The topological polar surface area (TPSA) is 81.2 Å². The van der Waals surface area contributed by atoms with Crippen LogP contribution in [0.5, 0.6) is 0 Å². The highest BCUT2D eigenvalue weighted by molar-refractivity contribution is 7.98. The first-order valence-corrected chi connectivity index (χ1v) is 10.7. The number of nitrogens with one attached hydrogen (secondary N) is 1. The molecule has 0 radical (unpaired) electrons. The van der Waals surface area contributed by atoms with Gasteiger partial charge in [0.15, 0.2) is 0 Å². The molecule has 1 aromatic heterocycles.